The molecule has 0 saturated carbocycles. The highest BCUT2D eigenvalue weighted by molar-refractivity contribution is 5.92. The molecule has 1 N–H and O–H groups in total. The molecule has 1 amide bonds. The summed E-state index contributed by atoms with van der Waals surface area (Å²) < 4.78 is 12.4. The third-order valence-corrected chi connectivity index (χ3v) is 6.45. The standard InChI is InChI=1S/C27H29N5O3/c1-18-15-26(32-25(28-18)17-24(30-32)19-7-9-22(34-2)10-8-19)31-13-11-20(12-14-31)27(33)29-21-5-4-6-23(16-21)35-3/h4-10,15-17,20H,11-14H2,1-3H3,(H,29,33). The first kappa shape index (κ1) is 22.7. The van der Waals surface area contributed by atoms with Crippen molar-refractivity contribution in [2.75, 3.05) is 37.5 Å². The van der Waals surface area contributed by atoms with Crippen LogP contribution in [0.3, 0.4) is 0 Å². The number of fused-ring (bicyclic) bond motifs is 1. The van der Waals surface area contributed by atoms with Crippen LogP contribution in [-0.4, -0.2) is 47.8 Å². The van der Waals surface area contributed by atoms with Crippen LogP contribution in [0.4, 0.5) is 11.5 Å². The molecule has 0 bridgehead atoms. The molecule has 0 atom stereocenters. The van der Waals surface area contributed by atoms with Gasteiger partial charge in [-0.1, -0.05) is 6.07 Å². The SMILES string of the molecule is COc1ccc(-c2cc3nc(C)cc(N4CCC(C(=O)Nc5cccc(OC)c5)CC4)n3n2)cc1. The van der Waals surface area contributed by atoms with Crippen molar-refractivity contribution in [1.82, 2.24) is 14.6 Å². The van der Waals surface area contributed by atoms with Crippen LogP contribution in [0.2, 0.25) is 0 Å². The number of nitrogens with zero attached hydrogens (tertiary/aromatic N) is 4. The number of amides is 1. The molecule has 0 spiro atoms. The average Bonchev–Trinajstić information content (AvgIpc) is 3.32. The van der Waals surface area contributed by atoms with E-state index in [9.17, 15) is 4.79 Å². The zero-order valence-electron chi connectivity index (χ0n) is 20.2. The lowest BCUT2D eigenvalue weighted by molar-refractivity contribution is -0.120. The second kappa shape index (κ2) is 9.66. The van der Waals surface area contributed by atoms with Gasteiger partial charge < -0.3 is 19.7 Å². The third-order valence-electron chi connectivity index (χ3n) is 6.45. The Balaban J connectivity index is 1.31. The summed E-state index contributed by atoms with van der Waals surface area (Å²) in [6.07, 6.45) is 1.54. The minimum Gasteiger partial charge on any atom is -0.497 e. The van der Waals surface area contributed by atoms with Crippen molar-refractivity contribution in [3.05, 3.63) is 66.4 Å². The zero-order chi connectivity index (χ0) is 24.4. The Hall–Kier alpha value is -4.07. The molecule has 180 valence electrons. The summed E-state index contributed by atoms with van der Waals surface area (Å²) in [6.45, 7) is 3.54. The van der Waals surface area contributed by atoms with Crippen molar-refractivity contribution in [1.29, 1.82) is 0 Å². The molecule has 0 unspecified atom stereocenters. The van der Waals surface area contributed by atoms with E-state index in [2.05, 4.69) is 21.3 Å². The van der Waals surface area contributed by atoms with Crippen LogP contribution in [0.5, 0.6) is 11.5 Å². The Morgan fingerprint density at radius 2 is 1.71 bits per heavy atom. The predicted molar refractivity (Wildman–Crippen MR) is 136 cm³/mol. The quantitative estimate of drug-likeness (QED) is 0.444. The lowest BCUT2D eigenvalue weighted by Crippen LogP contribution is -2.39. The Kier molecular flexibility index (Phi) is 6.27. The monoisotopic (exact) mass is 471 g/mol. The van der Waals surface area contributed by atoms with Crippen molar-refractivity contribution >= 4 is 23.1 Å². The van der Waals surface area contributed by atoms with Crippen LogP contribution in [-0.2, 0) is 4.79 Å². The van der Waals surface area contributed by atoms with Gasteiger partial charge in [0.05, 0.1) is 19.9 Å². The summed E-state index contributed by atoms with van der Waals surface area (Å²) in [7, 11) is 3.28. The van der Waals surface area contributed by atoms with Gasteiger partial charge in [-0.3, -0.25) is 4.79 Å². The number of benzene rings is 2. The van der Waals surface area contributed by atoms with Gasteiger partial charge in [-0.25, -0.2) is 4.98 Å². The van der Waals surface area contributed by atoms with Gasteiger partial charge in [0.2, 0.25) is 5.91 Å². The van der Waals surface area contributed by atoms with Gasteiger partial charge in [-0.05, 0) is 56.2 Å². The number of nitrogens with one attached hydrogen (secondary N) is 1. The molecule has 2 aromatic carbocycles. The molecule has 3 heterocycles. The van der Waals surface area contributed by atoms with Crippen molar-refractivity contribution in [3.8, 4) is 22.8 Å². The average molecular weight is 472 g/mol. The number of piperidine rings is 1. The number of hydrogen-bond donors (Lipinski definition) is 1. The summed E-state index contributed by atoms with van der Waals surface area (Å²) in [5.74, 6) is 2.55. The minimum absolute atomic E-state index is 0.0386. The van der Waals surface area contributed by atoms with Crippen molar-refractivity contribution < 1.29 is 14.3 Å². The summed E-state index contributed by atoms with van der Waals surface area (Å²) in [5.41, 5.74) is 4.37. The number of hydrogen-bond acceptors (Lipinski definition) is 6. The van der Waals surface area contributed by atoms with E-state index in [1.165, 1.54) is 0 Å². The summed E-state index contributed by atoms with van der Waals surface area (Å²) in [6, 6.07) is 19.4. The van der Waals surface area contributed by atoms with Crippen molar-refractivity contribution in [2.45, 2.75) is 19.8 Å². The molecule has 8 nitrogen and oxygen atoms in total. The second-order valence-electron chi connectivity index (χ2n) is 8.77. The van der Waals surface area contributed by atoms with Crippen LogP contribution in [0.25, 0.3) is 16.9 Å². The fourth-order valence-corrected chi connectivity index (χ4v) is 4.52. The maximum absolute atomic E-state index is 12.9. The maximum atomic E-state index is 12.9. The van der Waals surface area contributed by atoms with Crippen LogP contribution in [0.1, 0.15) is 18.5 Å². The van der Waals surface area contributed by atoms with Crippen molar-refractivity contribution in [3.63, 3.8) is 0 Å². The van der Waals surface area contributed by atoms with E-state index in [4.69, 9.17) is 14.6 Å². The maximum Gasteiger partial charge on any atom is 0.227 e. The number of aryl methyl sites for hydroxylation is 1. The van der Waals surface area contributed by atoms with E-state index in [0.717, 1.165) is 71.5 Å². The van der Waals surface area contributed by atoms with Crippen LogP contribution >= 0.6 is 0 Å². The fourth-order valence-electron chi connectivity index (χ4n) is 4.52. The molecular weight excluding hydrogens is 442 g/mol. The molecule has 0 radical (unpaired) electrons. The first-order valence-electron chi connectivity index (χ1n) is 11.8. The number of carbonyl (C=O) groups is 1. The fraction of sp³-hybridized carbons (Fsp3) is 0.296. The molecule has 0 aliphatic carbocycles. The Labute approximate surface area is 204 Å². The van der Waals surface area contributed by atoms with Gasteiger partial charge in [0.1, 0.15) is 17.3 Å². The van der Waals surface area contributed by atoms with Gasteiger partial charge in [0, 0.05) is 54.2 Å². The Morgan fingerprint density at radius 3 is 2.43 bits per heavy atom. The first-order valence-corrected chi connectivity index (χ1v) is 11.8. The van der Waals surface area contributed by atoms with Gasteiger partial charge in [0.15, 0.2) is 5.65 Å². The molecule has 35 heavy (non-hydrogen) atoms. The number of rotatable bonds is 6. The Morgan fingerprint density at radius 1 is 0.971 bits per heavy atom. The predicted octanol–water partition coefficient (Wildman–Crippen LogP) is 4.58. The highest BCUT2D eigenvalue weighted by Gasteiger charge is 2.27. The van der Waals surface area contributed by atoms with E-state index in [0.29, 0.717) is 0 Å². The number of aromatic nitrogens is 3. The lowest BCUT2D eigenvalue weighted by atomic mass is 9.95. The molecule has 1 aliphatic rings. The molecule has 1 saturated heterocycles. The van der Waals surface area contributed by atoms with Crippen LogP contribution < -0.4 is 19.7 Å². The number of carbonyl (C=O) groups excluding carboxylic acids is 1. The van der Waals surface area contributed by atoms with E-state index in [-0.39, 0.29) is 11.8 Å². The van der Waals surface area contributed by atoms with Gasteiger partial charge in [-0.2, -0.15) is 9.61 Å². The molecule has 4 aromatic rings. The highest BCUT2D eigenvalue weighted by Crippen LogP contribution is 2.28. The molecule has 5 rings (SSSR count). The van der Waals surface area contributed by atoms with Gasteiger partial charge >= 0.3 is 0 Å². The van der Waals surface area contributed by atoms with Crippen molar-refractivity contribution in [2.24, 2.45) is 5.92 Å². The molecule has 2 aromatic heterocycles. The number of methoxy groups -OCH3 is 2. The van der Waals surface area contributed by atoms with E-state index < -0.39 is 0 Å². The topological polar surface area (TPSA) is 81.0 Å². The lowest BCUT2D eigenvalue weighted by Gasteiger charge is -2.33. The molecule has 1 aliphatic heterocycles. The highest BCUT2D eigenvalue weighted by atomic mass is 16.5. The molecular formula is C27H29N5O3. The van der Waals surface area contributed by atoms with Gasteiger partial charge in [-0.15, -0.1) is 0 Å². The molecule has 1 fully saturated rings. The minimum atomic E-state index is -0.0386. The summed E-state index contributed by atoms with van der Waals surface area (Å²) in [4.78, 5) is 19.9. The van der Waals surface area contributed by atoms with E-state index in [1.807, 2.05) is 66.0 Å². The van der Waals surface area contributed by atoms with E-state index in [1.54, 1.807) is 14.2 Å². The smallest absolute Gasteiger partial charge is 0.227 e. The molecule has 8 heteroatoms. The van der Waals surface area contributed by atoms with Crippen LogP contribution in [0.15, 0.2) is 60.7 Å². The third kappa shape index (κ3) is 4.77. The normalized spacial score (nSPS) is 14.2. The summed E-state index contributed by atoms with van der Waals surface area (Å²) in [5, 5.41) is 7.90. The van der Waals surface area contributed by atoms with E-state index >= 15 is 0 Å². The number of ether oxygens (including phenoxy) is 2. The second-order valence-corrected chi connectivity index (χ2v) is 8.77. The first-order chi connectivity index (χ1) is 17.0. The zero-order valence-corrected chi connectivity index (χ0v) is 20.2. The van der Waals surface area contributed by atoms with Crippen LogP contribution in [0, 0.1) is 12.8 Å². The van der Waals surface area contributed by atoms with Gasteiger partial charge in [0.25, 0.3) is 0 Å². The largest absolute Gasteiger partial charge is 0.497 e. The Bertz CT molecular complexity index is 1340. The number of anilines is 2. The summed E-state index contributed by atoms with van der Waals surface area (Å²) >= 11 is 0.